The van der Waals surface area contributed by atoms with E-state index in [9.17, 15) is 24.0 Å². The fourth-order valence-electron chi connectivity index (χ4n) is 2.50. The Bertz CT molecular complexity index is 652. The standard InChI is InChI=1S/C21H38N4O5/c1-12(2)10-16(27)24-18(21(5,6)7)20(30)23-15(11-17(28)25(8)9)19(29)22-13(3)14(4)26/h12-13,15,18H,10-11H2,1-9H3,(H,22,29)(H,23,30)(H,24,27)/t13-,15-,18+/m0/s1. The zero-order valence-corrected chi connectivity index (χ0v) is 19.7. The molecule has 0 aromatic carbocycles. The lowest BCUT2D eigenvalue weighted by molar-refractivity contribution is -0.137. The third-order valence-corrected chi connectivity index (χ3v) is 4.51. The number of nitrogens with zero attached hydrogens (tertiary/aromatic N) is 1. The molecule has 0 aliphatic rings. The van der Waals surface area contributed by atoms with Crippen molar-refractivity contribution in [2.75, 3.05) is 14.1 Å². The van der Waals surface area contributed by atoms with Crippen LogP contribution in [0.2, 0.25) is 0 Å². The summed E-state index contributed by atoms with van der Waals surface area (Å²) in [6.45, 7) is 12.0. The minimum Gasteiger partial charge on any atom is -0.349 e. The highest BCUT2D eigenvalue weighted by Crippen LogP contribution is 2.20. The first-order valence-electron chi connectivity index (χ1n) is 10.2. The van der Waals surface area contributed by atoms with E-state index < -0.39 is 35.4 Å². The highest BCUT2D eigenvalue weighted by Gasteiger charge is 2.36. The molecule has 0 saturated heterocycles. The van der Waals surface area contributed by atoms with E-state index in [4.69, 9.17) is 0 Å². The van der Waals surface area contributed by atoms with E-state index in [1.54, 1.807) is 34.9 Å². The monoisotopic (exact) mass is 426 g/mol. The third-order valence-electron chi connectivity index (χ3n) is 4.51. The average Bonchev–Trinajstić information content (AvgIpc) is 2.56. The van der Waals surface area contributed by atoms with Crippen LogP contribution in [0.5, 0.6) is 0 Å². The summed E-state index contributed by atoms with van der Waals surface area (Å²) >= 11 is 0. The predicted molar refractivity (Wildman–Crippen MR) is 114 cm³/mol. The van der Waals surface area contributed by atoms with E-state index in [0.717, 1.165) is 0 Å². The number of ketones is 1. The second kappa shape index (κ2) is 11.7. The average molecular weight is 427 g/mol. The van der Waals surface area contributed by atoms with E-state index in [0.29, 0.717) is 0 Å². The largest absolute Gasteiger partial charge is 0.349 e. The summed E-state index contributed by atoms with van der Waals surface area (Å²) in [4.78, 5) is 62.9. The molecule has 172 valence electrons. The Morgan fingerprint density at radius 1 is 0.833 bits per heavy atom. The van der Waals surface area contributed by atoms with Gasteiger partial charge in [0.05, 0.1) is 12.5 Å². The molecule has 9 nitrogen and oxygen atoms in total. The lowest BCUT2D eigenvalue weighted by Gasteiger charge is -2.32. The van der Waals surface area contributed by atoms with Gasteiger partial charge >= 0.3 is 0 Å². The van der Waals surface area contributed by atoms with Crippen LogP contribution in [-0.4, -0.2) is 66.5 Å². The molecular formula is C21H38N4O5. The summed E-state index contributed by atoms with van der Waals surface area (Å²) in [5, 5.41) is 7.84. The van der Waals surface area contributed by atoms with Crippen LogP contribution in [0.1, 0.15) is 61.3 Å². The van der Waals surface area contributed by atoms with Crippen molar-refractivity contribution in [3.8, 4) is 0 Å². The maximum absolute atomic E-state index is 13.0. The van der Waals surface area contributed by atoms with Gasteiger partial charge in [0.2, 0.25) is 23.6 Å². The Morgan fingerprint density at radius 3 is 1.77 bits per heavy atom. The summed E-state index contributed by atoms with van der Waals surface area (Å²) in [6, 6.07) is -2.84. The van der Waals surface area contributed by atoms with Crippen LogP contribution in [0.3, 0.4) is 0 Å². The Hall–Kier alpha value is -2.45. The van der Waals surface area contributed by atoms with Crippen molar-refractivity contribution in [1.29, 1.82) is 0 Å². The maximum atomic E-state index is 13.0. The molecule has 0 aliphatic heterocycles. The maximum Gasteiger partial charge on any atom is 0.243 e. The summed E-state index contributed by atoms with van der Waals surface area (Å²) in [6.07, 6.45) is -0.00891. The molecule has 0 aromatic rings. The first-order chi connectivity index (χ1) is 13.6. The molecule has 0 aromatic heterocycles. The number of nitrogens with one attached hydrogen (secondary N) is 3. The summed E-state index contributed by atoms with van der Waals surface area (Å²) in [7, 11) is 3.09. The van der Waals surface area contributed by atoms with Crippen molar-refractivity contribution in [1.82, 2.24) is 20.9 Å². The van der Waals surface area contributed by atoms with Gasteiger partial charge in [-0.25, -0.2) is 0 Å². The van der Waals surface area contributed by atoms with Gasteiger partial charge in [-0.3, -0.25) is 24.0 Å². The Balaban J connectivity index is 5.59. The second-order valence-corrected chi connectivity index (χ2v) is 9.36. The van der Waals surface area contributed by atoms with Crippen molar-refractivity contribution in [3.63, 3.8) is 0 Å². The fraction of sp³-hybridized carbons (Fsp3) is 0.762. The highest BCUT2D eigenvalue weighted by molar-refractivity contribution is 5.96. The molecule has 0 fully saturated rings. The molecule has 9 heteroatoms. The van der Waals surface area contributed by atoms with E-state index >= 15 is 0 Å². The van der Waals surface area contributed by atoms with Gasteiger partial charge in [-0.1, -0.05) is 34.6 Å². The van der Waals surface area contributed by atoms with Crippen LogP contribution in [0, 0.1) is 11.3 Å². The molecule has 0 heterocycles. The zero-order chi connectivity index (χ0) is 23.8. The van der Waals surface area contributed by atoms with Gasteiger partial charge in [-0.2, -0.15) is 0 Å². The Labute approximate surface area is 179 Å². The van der Waals surface area contributed by atoms with Crippen LogP contribution >= 0.6 is 0 Å². The molecule has 0 rings (SSSR count). The van der Waals surface area contributed by atoms with Crippen molar-refractivity contribution in [2.24, 2.45) is 11.3 Å². The van der Waals surface area contributed by atoms with Gasteiger partial charge < -0.3 is 20.9 Å². The van der Waals surface area contributed by atoms with Crippen LogP contribution < -0.4 is 16.0 Å². The van der Waals surface area contributed by atoms with Gasteiger partial charge in [-0.15, -0.1) is 0 Å². The lowest BCUT2D eigenvalue weighted by Crippen LogP contribution is -2.59. The molecule has 0 aliphatic carbocycles. The predicted octanol–water partition coefficient (Wildman–Crippen LogP) is 0.620. The minimum atomic E-state index is -1.18. The zero-order valence-electron chi connectivity index (χ0n) is 19.7. The molecule has 0 spiro atoms. The molecule has 0 saturated carbocycles. The van der Waals surface area contributed by atoms with Crippen molar-refractivity contribution in [2.45, 2.75) is 79.4 Å². The molecule has 30 heavy (non-hydrogen) atoms. The fourth-order valence-corrected chi connectivity index (χ4v) is 2.50. The van der Waals surface area contributed by atoms with Crippen LogP contribution in [0.25, 0.3) is 0 Å². The molecule has 0 radical (unpaired) electrons. The smallest absolute Gasteiger partial charge is 0.243 e. The van der Waals surface area contributed by atoms with E-state index in [1.807, 2.05) is 13.8 Å². The van der Waals surface area contributed by atoms with Gasteiger partial charge in [-0.05, 0) is 25.2 Å². The SMILES string of the molecule is CC(=O)[C@H](C)NC(=O)[C@H](CC(=O)N(C)C)NC(=O)[C@@H](NC(=O)CC(C)C)C(C)(C)C. The second-order valence-electron chi connectivity index (χ2n) is 9.36. The van der Waals surface area contributed by atoms with Crippen LogP contribution in [0.15, 0.2) is 0 Å². The topological polar surface area (TPSA) is 125 Å². The number of hydrogen-bond donors (Lipinski definition) is 3. The van der Waals surface area contributed by atoms with E-state index in [2.05, 4.69) is 16.0 Å². The Kier molecular flexibility index (Phi) is 10.7. The Morgan fingerprint density at radius 2 is 1.37 bits per heavy atom. The molecular weight excluding hydrogens is 388 g/mol. The quantitative estimate of drug-likeness (QED) is 0.472. The van der Waals surface area contributed by atoms with E-state index in [1.165, 1.54) is 18.7 Å². The van der Waals surface area contributed by atoms with Crippen molar-refractivity contribution in [3.05, 3.63) is 0 Å². The van der Waals surface area contributed by atoms with Gasteiger partial charge in [0.25, 0.3) is 0 Å². The van der Waals surface area contributed by atoms with E-state index in [-0.39, 0.29) is 36.4 Å². The van der Waals surface area contributed by atoms with Gasteiger partial charge in [0.15, 0.2) is 5.78 Å². The van der Waals surface area contributed by atoms with Crippen LogP contribution in [-0.2, 0) is 24.0 Å². The molecule has 0 unspecified atom stereocenters. The molecule has 0 bridgehead atoms. The third kappa shape index (κ3) is 9.84. The summed E-state index contributed by atoms with van der Waals surface area (Å²) in [5.41, 5.74) is -0.629. The van der Waals surface area contributed by atoms with Gasteiger partial charge in [0.1, 0.15) is 12.1 Å². The van der Waals surface area contributed by atoms with Crippen molar-refractivity contribution < 1.29 is 24.0 Å². The summed E-state index contributed by atoms with van der Waals surface area (Å²) < 4.78 is 0. The number of carbonyl (C=O) groups is 5. The number of carbonyl (C=O) groups excluding carboxylic acids is 5. The van der Waals surface area contributed by atoms with Crippen molar-refractivity contribution >= 4 is 29.4 Å². The van der Waals surface area contributed by atoms with Gasteiger partial charge in [0, 0.05) is 20.5 Å². The molecule has 3 atom stereocenters. The normalized spacial score (nSPS) is 14.3. The van der Waals surface area contributed by atoms with Crippen LogP contribution in [0.4, 0.5) is 0 Å². The lowest BCUT2D eigenvalue weighted by atomic mass is 9.85. The minimum absolute atomic E-state index is 0.123. The summed E-state index contributed by atoms with van der Waals surface area (Å²) in [5.74, 6) is -1.96. The number of amides is 4. The highest BCUT2D eigenvalue weighted by atomic mass is 16.2. The molecule has 3 N–H and O–H groups in total. The number of hydrogen-bond acceptors (Lipinski definition) is 5. The number of rotatable bonds is 10. The number of Topliss-reactive ketones (excluding diaryl/α,β-unsaturated/α-hetero) is 1. The first kappa shape index (κ1) is 27.5. The molecule has 4 amide bonds. The first-order valence-corrected chi connectivity index (χ1v) is 10.2.